The van der Waals surface area contributed by atoms with Crippen LogP contribution in [0.15, 0.2) is 95.6 Å². The Hall–Kier alpha value is -4.81. The van der Waals surface area contributed by atoms with Crippen LogP contribution >= 0.6 is 11.3 Å². The Morgan fingerprint density at radius 1 is 1.09 bits per heavy atom. The number of aromatic nitrogens is 3. The van der Waals surface area contributed by atoms with Gasteiger partial charge < -0.3 is 10.1 Å². The average molecular weight is 465 g/mol. The zero-order valence-electron chi connectivity index (χ0n) is 17.6. The molecule has 0 unspecified atom stereocenters. The molecule has 1 N–H and O–H groups in total. The van der Waals surface area contributed by atoms with E-state index < -0.39 is 0 Å². The van der Waals surface area contributed by atoms with Crippen molar-refractivity contribution in [1.82, 2.24) is 14.6 Å². The van der Waals surface area contributed by atoms with E-state index in [9.17, 15) is 4.79 Å². The van der Waals surface area contributed by atoms with Crippen LogP contribution in [0, 0.1) is 11.5 Å². The van der Waals surface area contributed by atoms with Gasteiger partial charge in [-0.15, -0.1) is 16.3 Å². The first kappa shape index (κ1) is 21.1. The van der Waals surface area contributed by atoms with Crippen LogP contribution in [0.5, 0.6) is 5.75 Å². The molecule has 0 aliphatic heterocycles. The number of anilines is 1. The van der Waals surface area contributed by atoms with Crippen molar-refractivity contribution in [1.29, 1.82) is 5.26 Å². The molecule has 0 bridgehead atoms. The fourth-order valence-corrected chi connectivity index (χ4v) is 4.09. The molecule has 0 aliphatic carbocycles. The van der Waals surface area contributed by atoms with Crippen LogP contribution in [0.2, 0.25) is 0 Å². The van der Waals surface area contributed by atoms with Crippen LogP contribution in [-0.2, 0) is 0 Å². The fourth-order valence-electron chi connectivity index (χ4n) is 3.41. The van der Waals surface area contributed by atoms with Gasteiger partial charge in [-0.1, -0.05) is 36.4 Å². The molecule has 5 rings (SSSR count). The number of fused-ring (bicyclic) bond motifs is 1. The summed E-state index contributed by atoms with van der Waals surface area (Å²) in [6.45, 7) is 0. The Morgan fingerprint density at radius 2 is 1.97 bits per heavy atom. The van der Waals surface area contributed by atoms with E-state index >= 15 is 0 Å². The number of rotatable bonds is 5. The number of para-hydroxylation sites is 1. The van der Waals surface area contributed by atoms with Gasteiger partial charge in [-0.05, 0) is 41.8 Å². The van der Waals surface area contributed by atoms with Crippen LogP contribution in [0.4, 0.5) is 5.69 Å². The molecule has 3 aromatic heterocycles. The molecule has 0 saturated carbocycles. The summed E-state index contributed by atoms with van der Waals surface area (Å²) >= 11 is 1.38. The van der Waals surface area contributed by atoms with Crippen LogP contribution in [-0.4, -0.2) is 26.4 Å². The Bertz CT molecular complexity index is 1530. The van der Waals surface area contributed by atoms with E-state index in [0.717, 1.165) is 11.3 Å². The lowest BCUT2D eigenvalue weighted by molar-refractivity contribution is 0.104. The van der Waals surface area contributed by atoms with E-state index in [2.05, 4.69) is 20.4 Å². The number of ether oxygens (including phenoxy) is 1. The number of nitriles is 1. The average Bonchev–Trinajstić information content (AvgIpc) is 3.55. The lowest BCUT2D eigenvalue weighted by Gasteiger charge is -2.11. The van der Waals surface area contributed by atoms with E-state index in [1.807, 2.05) is 60.0 Å². The highest BCUT2D eigenvalue weighted by atomic mass is 32.1. The molecule has 164 valence electrons. The SMILES string of the molecule is N#C/N=C(/Nc1cccc(-c2ccnc3c(C(=O)c4cccs4)cnn23)c1)Oc1ccccc1. The summed E-state index contributed by atoms with van der Waals surface area (Å²) in [7, 11) is 0. The minimum absolute atomic E-state index is 0.0497. The minimum Gasteiger partial charge on any atom is -0.425 e. The molecular formula is C25H16N6O2S. The second-order valence-electron chi connectivity index (χ2n) is 7.07. The summed E-state index contributed by atoms with van der Waals surface area (Å²) in [4.78, 5) is 21.6. The number of nitrogens with zero attached hydrogens (tertiary/aromatic N) is 5. The second-order valence-corrected chi connectivity index (χ2v) is 8.02. The Balaban J connectivity index is 1.46. The van der Waals surface area contributed by atoms with Crippen molar-refractivity contribution in [2.24, 2.45) is 4.99 Å². The van der Waals surface area contributed by atoms with Gasteiger partial charge in [-0.3, -0.25) is 4.79 Å². The van der Waals surface area contributed by atoms with Gasteiger partial charge in [0.2, 0.25) is 12.0 Å². The number of thiophene rings is 1. The Morgan fingerprint density at radius 3 is 2.76 bits per heavy atom. The second kappa shape index (κ2) is 9.36. The molecule has 3 heterocycles. The normalized spacial score (nSPS) is 11.2. The third-order valence-electron chi connectivity index (χ3n) is 4.91. The van der Waals surface area contributed by atoms with Crippen molar-refractivity contribution in [2.45, 2.75) is 0 Å². The lowest BCUT2D eigenvalue weighted by Crippen LogP contribution is -2.19. The third-order valence-corrected chi connectivity index (χ3v) is 5.78. The largest absolute Gasteiger partial charge is 0.425 e. The smallest absolute Gasteiger partial charge is 0.310 e. The zero-order valence-corrected chi connectivity index (χ0v) is 18.4. The topological polar surface area (TPSA) is 105 Å². The van der Waals surface area contributed by atoms with Gasteiger partial charge in [-0.2, -0.15) is 10.4 Å². The number of carbonyl (C=O) groups excluding carboxylic acids is 1. The quantitative estimate of drug-likeness (QED) is 0.170. The predicted molar refractivity (Wildman–Crippen MR) is 130 cm³/mol. The van der Waals surface area contributed by atoms with Crippen LogP contribution in [0.25, 0.3) is 16.9 Å². The molecule has 8 nitrogen and oxygen atoms in total. The molecule has 0 radical (unpaired) electrons. The van der Waals surface area contributed by atoms with Gasteiger partial charge in [-0.25, -0.2) is 9.50 Å². The summed E-state index contributed by atoms with van der Waals surface area (Å²) in [5.74, 6) is 0.441. The molecule has 9 heteroatoms. The highest BCUT2D eigenvalue weighted by Gasteiger charge is 2.18. The van der Waals surface area contributed by atoms with Crippen LogP contribution < -0.4 is 10.1 Å². The maximum atomic E-state index is 12.9. The first-order chi connectivity index (χ1) is 16.7. The summed E-state index contributed by atoms with van der Waals surface area (Å²) in [6.07, 6.45) is 4.95. The lowest BCUT2D eigenvalue weighted by atomic mass is 10.1. The molecule has 0 spiro atoms. The summed E-state index contributed by atoms with van der Waals surface area (Å²) in [6, 6.07) is 22.0. The number of ketones is 1. The molecule has 0 atom stereocenters. The number of aliphatic imine (C=N–C) groups is 1. The monoisotopic (exact) mass is 464 g/mol. The molecule has 0 aliphatic rings. The first-order valence-electron chi connectivity index (χ1n) is 10.2. The fraction of sp³-hybridized carbons (Fsp3) is 0. The molecule has 0 saturated heterocycles. The van der Waals surface area contributed by atoms with Crippen LogP contribution in [0.1, 0.15) is 15.2 Å². The standard InChI is InChI=1S/C25H16N6O2S/c26-16-28-25(33-19-8-2-1-3-9-19)30-18-7-4-6-17(14-18)21-11-12-27-24-20(15-29-31(21)24)23(32)22-10-5-13-34-22/h1-15H,(H,28,30). The van der Waals surface area contributed by atoms with E-state index in [4.69, 9.17) is 10.00 Å². The number of benzene rings is 2. The Labute approximate surface area is 198 Å². The molecule has 5 aromatic rings. The minimum atomic E-state index is -0.111. The van der Waals surface area contributed by atoms with Crippen molar-refractivity contribution in [2.75, 3.05) is 5.32 Å². The van der Waals surface area contributed by atoms with Gasteiger partial charge in [0.1, 0.15) is 5.75 Å². The van der Waals surface area contributed by atoms with E-state index in [0.29, 0.717) is 27.5 Å². The predicted octanol–water partition coefficient (Wildman–Crippen LogP) is 5.02. The van der Waals surface area contributed by atoms with Crippen LogP contribution in [0.3, 0.4) is 0 Å². The number of carbonyl (C=O) groups is 1. The van der Waals surface area contributed by atoms with Crippen molar-refractivity contribution in [3.05, 3.63) is 101 Å². The number of hydrogen-bond donors (Lipinski definition) is 1. The van der Waals surface area contributed by atoms with E-state index in [1.165, 1.54) is 11.3 Å². The van der Waals surface area contributed by atoms with Gasteiger partial charge in [0.15, 0.2) is 5.65 Å². The summed E-state index contributed by atoms with van der Waals surface area (Å²) in [5, 5.41) is 18.4. The van der Waals surface area contributed by atoms with Crippen molar-refractivity contribution < 1.29 is 9.53 Å². The van der Waals surface area contributed by atoms with E-state index in [1.54, 1.807) is 41.3 Å². The molecule has 0 fully saturated rings. The number of hydrogen-bond acceptors (Lipinski definition) is 7. The van der Waals surface area contributed by atoms with Crippen molar-refractivity contribution in [3.63, 3.8) is 0 Å². The molecule has 2 aromatic carbocycles. The van der Waals surface area contributed by atoms with Gasteiger partial charge in [0, 0.05) is 17.4 Å². The number of amidine groups is 1. The van der Waals surface area contributed by atoms with Crippen molar-refractivity contribution in [3.8, 4) is 23.2 Å². The van der Waals surface area contributed by atoms with Gasteiger partial charge >= 0.3 is 6.02 Å². The van der Waals surface area contributed by atoms with Gasteiger partial charge in [0.25, 0.3) is 0 Å². The zero-order chi connectivity index (χ0) is 23.3. The maximum Gasteiger partial charge on any atom is 0.310 e. The van der Waals surface area contributed by atoms with Crippen molar-refractivity contribution >= 4 is 34.5 Å². The molecule has 0 amide bonds. The highest BCUT2D eigenvalue weighted by Crippen LogP contribution is 2.25. The third kappa shape index (κ3) is 4.26. The molecular weight excluding hydrogens is 448 g/mol. The summed E-state index contributed by atoms with van der Waals surface area (Å²) in [5.41, 5.74) is 3.16. The summed E-state index contributed by atoms with van der Waals surface area (Å²) < 4.78 is 7.34. The maximum absolute atomic E-state index is 12.9. The van der Waals surface area contributed by atoms with Gasteiger partial charge in [0.05, 0.1) is 22.3 Å². The first-order valence-corrected chi connectivity index (χ1v) is 11.1. The Kier molecular flexibility index (Phi) is 5.80. The van der Waals surface area contributed by atoms with E-state index in [-0.39, 0.29) is 11.8 Å². The highest BCUT2D eigenvalue weighted by molar-refractivity contribution is 7.12. The molecule has 34 heavy (non-hydrogen) atoms. The number of nitrogens with one attached hydrogen (secondary N) is 1.